The number of amides is 1. The van der Waals surface area contributed by atoms with Crippen LogP contribution in [0.25, 0.3) is 10.8 Å². The zero-order valence-corrected chi connectivity index (χ0v) is 12.0. The summed E-state index contributed by atoms with van der Waals surface area (Å²) in [5.41, 5.74) is 10.8. The van der Waals surface area contributed by atoms with Crippen molar-refractivity contribution in [1.29, 1.82) is 0 Å². The number of nitrogens with two attached hydrogens (primary N) is 2. The first-order valence-electron chi connectivity index (χ1n) is 6.86. The second-order valence-corrected chi connectivity index (χ2v) is 4.70. The first-order valence-corrected chi connectivity index (χ1v) is 6.86. The van der Waals surface area contributed by atoms with Gasteiger partial charge >= 0.3 is 0 Å². The number of H-pyrrole nitrogens is 1. The predicted molar refractivity (Wildman–Crippen MR) is 84.4 cm³/mol. The van der Waals surface area contributed by atoms with Crippen molar-refractivity contribution in [2.45, 2.75) is 12.8 Å². The molecular weight excluding hydrogens is 284 g/mol. The fourth-order valence-electron chi connectivity index (χ4n) is 2.06. The Kier molecular flexibility index (Phi) is 5.07. The normalized spacial score (nSPS) is 10.4. The smallest absolute Gasteiger partial charge is 0.272 e. The Morgan fingerprint density at radius 1 is 1.27 bits per heavy atom. The average molecular weight is 302 g/mol. The van der Waals surface area contributed by atoms with Crippen LogP contribution in [0.5, 0.6) is 0 Å². The number of aliphatic imine (C=N–C) groups is 1. The van der Waals surface area contributed by atoms with Gasteiger partial charge in [0.25, 0.3) is 5.56 Å². The number of aromatic amines is 1. The molecule has 6 N–H and O–H groups in total. The molecule has 0 saturated heterocycles. The second-order valence-electron chi connectivity index (χ2n) is 4.70. The van der Waals surface area contributed by atoms with Crippen LogP contribution in [-0.4, -0.2) is 35.2 Å². The van der Waals surface area contributed by atoms with Gasteiger partial charge in [0.2, 0.25) is 5.91 Å². The van der Waals surface area contributed by atoms with E-state index >= 15 is 0 Å². The quantitative estimate of drug-likeness (QED) is 0.316. The Hall–Kier alpha value is -2.90. The standard InChI is InChI=1S/C14H18N6O2/c15-14(16)18-8-7-17-12(21)6-5-11-9-3-1-2-4-10(9)13(22)20-19-11/h1-4H,5-8H2,(H,17,21)(H,20,22)(H4,15,16,18). The van der Waals surface area contributed by atoms with Gasteiger partial charge in [-0.25, -0.2) is 5.10 Å². The Labute approximate surface area is 126 Å². The van der Waals surface area contributed by atoms with E-state index < -0.39 is 0 Å². The van der Waals surface area contributed by atoms with Gasteiger partial charge in [-0.2, -0.15) is 5.10 Å². The summed E-state index contributed by atoms with van der Waals surface area (Å²) < 4.78 is 0. The van der Waals surface area contributed by atoms with E-state index in [4.69, 9.17) is 11.5 Å². The van der Waals surface area contributed by atoms with Crippen LogP contribution in [0.1, 0.15) is 12.1 Å². The molecule has 0 spiro atoms. The highest BCUT2D eigenvalue weighted by molar-refractivity contribution is 5.84. The molecule has 0 bridgehead atoms. The number of hydrogen-bond acceptors (Lipinski definition) is 4. The number of guanidine groups is 1. The number of carbonyl (C=O) groups excluding carboxylic acids is 1. The number of rotatable bonds is 6. The molecule has 8 heteroatoms. The van der Waals surface area contributed by atoms with E-state index in [1.807, 2.05) is 12.1 Å². The van der Waals surface area contributed by atoms with E-state index in [0.717, 1.165) is 5.39 Å². The minimum absolute atomic E-state index is 0.00170. The summed E-state index contributed by atoms with van der Waals surface area (Å²) in [6.45, 7) is 0.713. The molecule has 0 aliphatic carbocycles. The van der Waals surface area contributed by atoms with E-state index in [9.17, 15) is 9.59 Å². The van der Waals surface area contributed by atoms with Gasteiger partial charge < -0.3 is 16.8 Å². The number of hydrogen-bond donors (Lipinski definition) is 4. The minimum Gasteiger partial charge on any atom is -0.370 e. The maximum Gasteiger partial charge on any atom is 0.272 e. The summed E-state index contributed by atoms with van der Waals surface area (Å²) in [6, 6.07) is 7.18. The molecule has 2 aromatic rings. The van der Waals surface area contributed by atoms with Gasteiger partial charge in [-0.3, -0.25) is 14.6 Å². The highest BCUT2D eigenvalue weighted by atomic mass is 16.1. The van der Waals surface area contributed by atoms with Crippen molar-refractivity contribution in [3.63, 3.8) is 0 Å². The highest BCUT2D eigenvalue weighted by Gasteiger charge is 2.08. The van der Waals surface area contributed by atoms with Crippen LogP contribution >= 0.6 is 0 Å². The fraction of sp³-hybridized carbons (Fsp3) is 0.286. The summed E-state index contributed by atoms with van der Waals surface area (Å²) in [6.07, 6.45) is 0.705. The Morgan fingerprint density at radius 2 is 2.00 bits per heavy atom. The molecule has 116 valence electrons. The number of aryl methyl sites for hydroxylation is 1. The zero-order valence-electron chi connectivity index (χ0n) is 12.0. The van der Waals surface area contributed by atoms with Gasteiger partial charge in [0.1, 0.15) is 0 Å². The van der Waals surface area contributed by atoms with E-state index in [2.05, 4.69) is 20.5 Å². The Balaban J connectivity index is 1.95. The van der Waals surface area contributed by atoms with Crippen molar-refractivity contribution < 1.29 is 4.79 Å². The van der Waals surface area contributed by atoms with E-state index in [-0.39, 0.29) is 23.8 Å². The van der Waals surface area contributed by atoms with Crippen molar-refractivity contribution in [2.24, 2.45) is 16.5 Å². The zero-order chi connectivity index (χ0) is 15.9. The molecule has 0 aliphatic rings. The Morgan fingerprint density at radius 3 is 2.73 bits per heavy atom. The molecule has 22 heavy (non-hydrogen) atoms. The van der Waals surface area contributed by atoms with Crippen molar-refractivity contribution in [3.05, 3.63) is 40.3 Å². The van der Waals surface area contributed by atoms with Crippen LogP contribution in [0.4, 0.5) is 0 Å². The molecule has 1 aromatic carbocycles. The summed E-state index contributed by atoms with van der Waals surface area (Å²) >= 11 is 0. The fourth-order valence-corrected chi connectivity index (χ4v) is 2.06. The lowest BCUT2D eigenvalue weighted by Crippen LogP contribution is -2.29. The molecule has 1 amide bonds. The lowest BCUT2D eigenvalue weighted by atomic mass is 10.1. The Bertz CT molecular complexity index is 748. The van der Waals surface area contributed by atoms with Crippen molar-refractivity contribution in [1.82, 2.24) is 15.5 Å². The molecule has 0 fully saturated rings. The summed E-state index contributed by atoms with van der Waals surface area (Å²) in [4.78, 5) is 27.2. The monoisotopic (exact) mass is 302 g/mol. The topological polar surface area (TPSA) is 139 Å². The van der Waals surface area contributed by atoms with Gasteiger partial charge in [0, 0.05) is 24.8 Å². The van der Waals surface area contributed by atoms with Gasteiger partial charge in [-0.05, 0) is 6.07 Å². The second kappa shape index (κ2) is 7.21. The SMILES string of the molecule is NC(N)=NCCNC(=O)CCc1n[nH]c(=O)c2ccccc12. The molecule has 8 nitrogen and oxygen atoms in total. The molecule has 0 atom stereocenters. The molecule has 1 aromatic heterocycles. The van der Waals surface area contributed by atoms with E-state index in [0.29, 0.717) is 30.6 Å². The predicted octanol–water partition coefficient (Wildman–Crippen LogP) is -0.755. The first-order chi connectivity index (χ1) is 10.6. The number of fused-ring (bicyclic) bond motifs is 1. The third-order valence-electron chi connectivity index (χ3n) is 3.09. The van der Waals surface area contributed by atoms with Crippen LogP contribution in [0.2, 0.25) is 0 Å². The molecule has 0 radical (unpaired) electrons. The minimum atomic E-state index is -0.235. The van der Waals surface area contributed by atoms with E-state index in [1.54, 1.807) is 12.1 Å². The highest BCUT2D eigenvalue weighted by Crippen LogP contribution is 2.13. The summed E-state index contributed by atoms with van der Waals surface area (Å²) in [7, 11) is 0. The molecule has 0 aliphatic heterocycles. The van der Waals surface area contributed by atoms with Gasteiger partial charge in [-0.15, -0.1) is 0 Å². The van der Waals surface area contributed by atoms with Gasteiger partial charge in [0.05, 0.1) is 17.6 Å². The van der Waals surface area contributed by atoms with Crippen molar-refractivity contribution in [3.8, 4) is 0 Å². The van der Waals surface area contributed by atoms with Gasteiger partial charge in [0.15, 0.2) is 5.96 Å². The number of nitrogens with zero attached hydrogens (tertiary/aromatic N) is 2. The van der Waals surface area contributed by atoms with Crippen molar-refractivity contribution >= 4 is 22.6 Å². The van der Waals surface area contributed by atoms with E-state index in [1.165, 1.54) is 0 Å². The third-order valence-corrected chi connectivity index (χ3v) is 3.09. The largest absolute Gasteiger partial charge is 0.370 e. The number of nitrogens with one attached hydrogen (secondary N) is 2. The average Bonchev–Trinajstić information content (AvgIpc) is 2.51. The van der Waals surface area contributed by atoms with Crippen LogP contribution in [-0.2, 0) is 11.2 Å². The summed E-state index contributed by atoms with van der Waals surface area (Å²) in [5, 5.41) is 10.5. The van der Waals surface area contributed by atoms with Crippen LogP contribution < -0.4 is 22.3 Å². The lowest BCUT2D eigenvalue weighted by molar-refractivity contribution is -0.121. The number of benzene rings is 1. The van der Waals surface area contributed by atoms with Gasteiger partial charge in [-0.1, -0.05) is 18.2 Å². The molecular formula is C14H18N6O2. The van der Waals surface area contributed by atoms with Crippen molar-refractivity contribution in [2.75, 3.05) is 13.1 Å². The van der Waals surface area contributed by atoms with Crippen LogP contribution in [0.15, 0.2) is 34.1 Å². The summed E-state index contributed by atoms with van der Waals surface area (Å²) in [5.74, 6) is -0.124. The lowest BCUT2D eigenvalue weighted by Gasteiger charge is -2.05. The molecule has 1 heterocycles. The number of carbonyl (C=O) groups is 1. The number of aromatic nitrogens is 2. The maximum atomic E-state index is 11.7. The first kappa shape index (κ1) is 15.5. The van der Waals surface area contributed by atoms with Crippen LogP contribution in [0, 0.1) is 0 Å². The molecule has 0 unspecified atom stereocenters. The third kappa shape index (κ3) is 4.05. The maximum absolute atomic E-state index is 11.7. The molecule has 0 saturated carbocycles. The molecule has 2 rings (SSSR count). The van der Waals surface area contributed by atoms with Crippen LogP contribution in [0.3, 0.4) is 0 Å².